The quantitative estimate of drug-likeness (QED) is 0.850. The lowest BCUT2D eigenvalue weighted by molar-refractivity contribution is -0.00646. The molecule has 2 saturated heterocycles. The fourth-order valence-electron chi connectivity index (χ4n) is 3.36. The summed E-state index contributed by atoms with van der Waals surface area (Å²) in [6, 6.07) is 1.72. The van der Waals surface area contributed by atoms with Crippen molar-refractivity contribution in [2.75, 3.05) is 26.7 Å². The van der Waals surface area contributed by atoms with Crippen molar-refractivity contribution in [2.45, 2.75) is 38.7 Å². The minimum atomic E-state index is -0.583. The summed E-state index contributed by atoms with van der Waals surface area (Å²) in [6.07, 6.45) is 2.04. The molecule has 0 bridgehead atoms. The highest BCUT2D eigenvalue weighted by atomic mass is 16.6. The number of carbonyl (C=O) groups is 2. The maximum atomic E-state index is 12.6. The van der Waals surface area contributed by atoms with Crippen molar-refractivity contribution in [3.05, 3.63) is 17.5 Å². The molecule has 0 radical (unpaired) electrons. The van der Waals surface area contributed by atoms with Crippen LogP contribution in [0.25, 0.3) is 0 Å². The van der Waals surface area contributed by atoms with Crippen molar-refractivity contribution in [3.63, 3.8) is 0 Å². The van der Waals surface area contributed by atoms with Crippen LogP contribution in [0.3, 0.4) is 0 Å². The van der Waals surface area contributed by atoms with Gasteiger partial charge in [0, 0.05) is 19.7 Å². The molecule has 0 N–H and O–H groups in total. The van der Waals surface area contributed by atoms with Crippen LogP contribution in [0.2, 0.25) is 0 Å². The molecule has 2 aliphatic rings. The summed E-state index contributed by atoms with van der Waals surface area (Å²) in [5, 5.41) is 3.97. The van der Waals surface area contributed by atoms with Gasteiger partial charge in [0.1, 0.15) is 5.60 Å². The van der Waals surface area contributed by atoms with Gasteiger partial charge in [-0.3, -0.25) is 4.79 Å². The minimum absolute atomic E-state index is 0.183. The van der Waals surface area contributed by atoms with Crippen LogP contribution in [0.5, 0.6) is 0 Å². The molecule has 3 rings (SSSR count). The van der Waals surface area contributed by atoms with Crippen LogP contribution in [0, 0.1) is 5.92 Å². The first-order valence-corrected chi connectivity index (χ1v) is 8.07. The van der Waals surface area contributed by atoms with Crippen molar-refractivity contribution < 1.29 is 18.8 Å². The first-order valence-electron chi connectivity index (χ1n) is 8.07. The highest BCUT2D eigenvalue weighted by Gasteiger charge is 2.47. The number of aromatic nitrogens is 1. The van der Waals surface area contributed by atoms with Gasteiger partial charge >= 0.3 is 6.09 Å². The molecule has 7 heteroatoms. The number of piperidine rings is 1. The average molecular weight is 321 g/mol. The summed E-state index contributed by atoms with van der Waals surface area (Å²) in [7, 11) is 1.71. The van der Waals surface area contributed by atoms with Gasteiger partial charge in [-0.25, -0.2) is 4.79 Å². The number of likely N-dealkylation sites (tertiary alicyclic amines) is 1. The van der Waals surface area contributed by atoms with Crippen LogP contribution in [0.15, 0.2) is 10.6 Å². The fourth-order valence-corrected chi connectivity index (χ4v) is 3.36. The lowest BCUT2D eigenvalue weighted by atomic mass is 9.92. The van der Waals surface area contributed by atoms with Gasteiger partial charge in [0.15, 0.2) is 0 Å². The Morgan fingerprint density at radius 1 is 1.43 bits per heavy atom. The molecule has 2 amide bonds. The Kier molecular flexibility index (Phi) is 4.04. The smallest absolute Gasteiger partial charge is 0.410 e. The van der Waals surface area contributed by atoms with Gasteiger partial charge in [-0.15, -0.1) is 0 Å². The Bertz CT molecular complexity index is 612. The number of amides is 2. The Morgan fingerprint density at radius 2 is 2.22 bits per heavy atom. The van der Waals surface area contributed by atoms with Crippen molar-refractivity contribution in [2.24, 2.45) is 5.92 Å². The van der Waals surface area contributed by atoms with E-state index in [0.717, 1.165) is 25.0 Å². The van der Waals surface area contributed by atoms with Crippen molar-refractivity contribution in [3.8, 4) is 0 Å². The lowest BCUT2D eigenvalue weighted by Gasteiger charge is -2.37. The summed E-state index contributed by atoms with van der Waals surface area (Å²) in [5.41, 5.74) is 0.211. The van der Waals surface area contributed by atoms with Gasteiger partial charge < -0.3 is 19.1 Å². The molecule has 2 aliphatic heterocycles. The van der Waals surface area contributed by atoms with E-state index in [1.54, 1.807) is 22.9 Å². The largest absolute Gasteiger partial charge is 0.439 e. The van der Waals surface area contributed by atoms with Crippen LogP contribution < -0.4 is 0 Å². The number of ether oxygens (including phenoxy) is 1. The maximum absolute atomic E-state index is 12.6. The molecule has 3 heterocycles. The highest BCUT2D eigenvalue weighted by molar-refractivity contribution is 5.91. The van der Waals surface area contributed by atoms with E-state index in [4.69, 9.17) is 9.26 Å². The predicted octanol–water partition coefficient (Wildman–Crippen LogP) is 1.93. The molecular weight excluding hydrogens is 298 g/mol. The van der Waals surface area contributed by atoms with Crippen molar-refractivity contribution in [1.82, 2.24) is 15.0 Å². The topological polar surface area (TPSA) is 75.9 Å². The maximum Gasteiger partial charge on any atom is 0.410 e. The van der Waals surface area contributed by atoms with E-state index < -0.39 is 5.60 Å². The predicted molar refractivity (Wildman–Crippen MR) is 82.0 cm³/mol. The van der Waals surface area contributed by atoms with Crippen molar-refractivity contribution >= 4 is 12.0 Å². The van der Waals surface area contributed by atoms with Crippen LogP contribution in [0.1, 0.15) is 42.9 Å². The molecule has 7 nitrogen and oxygen atoms in total. The number of nitrogens with zero attached hydrogens (tertiary/aromatic N) is 3. The van der Waals surface area contributed by atoms with E-state index in [1.165, 1.54) is 0 Å². The fraction of sp³-hybridized carbons (Fsp3) is 0.688. The molecular formula is C16H23N3O4. The van der Waals surface area contributed by atoms with Gasteiger partial charge in [0.2, 0.25) is 5.76 Å². The van der Waals surface area contributed by atoms with E-state index in [0.29, 0.717) is 25.6 Å². The molecule has 126 valence electrons. The van der Waals surface area contributed by atoms with Gasteiger partial charge in [0.25, 0.3) is 5.91 Å². The van der Waals surface area contributed by atoms with Crippen LogP contribution in [-0.4, -0.2) is 59.2 Å². The van der Waals surface area contributed by atoms with E-state index in [1.807, 2.05) is 0 Å². The molecule has 1 aromatic rings. The molecule has 0 aliphatic carbocycles. The number of carbonyl (C=O) groups excluding carboxylic acids is 2. The summed E-state index contributed by atoms with van der Waals surface area (Å²) in [5.74, 6) is 0.530. The molecule has 2 fully saturated rings. The second-order valence-corrected chi connectivity index (χ2v) is 7.02. The third-order valence-electron chi connectivity index (χ3n) is 4.35. The third kappa shape index (κ3) is 3.18. The molecule has 0 saturated carbocycles. The minimum Gasteiger partial charge on any atom is -0.439 e. The molecule has 0 unspecified atom stereocenters. The molecule has 1 spiro atoms. The van der Waals surface area contributed by atoms with Crippen LogP contribution >= 0.6 is 0 Å². The molecule has 23 heavy (non-hydrogen) atoms. The molecule has 1 atom stereocenters. The summed E-state index contributed by atoms with van der Waals surface area (Å²) in [6.45, 7) is 5.75. The first-order chi connectivity index (χ1) is 10.9. The van der Waals surface area contributed by atoms with E-state index in [-0.39, 0.29) is 17.8 Å². The number of likely N-dealkylation sites (N-methyl/N-ethyl adjacent to an activating group) is 1. The third-order valence-corrected chi connectivity index (χ3v) is 4.35. The van der Waals surface area contributed by atoms with Crippen LogP contribution in [0.4, 0.5) is 4.79 Å². The number of hydrogen-bond acceptors (Lipinski definition) is 5. The van der Waals surface area contributed by atoms with E-state index in [2.05, 4.69) is 19.0 Å². The normalized spacial score (nSPS) is 24.6. The Labute approximate surface area is 135 Å². The SMILES string of the molecule is CC(C)Cc1cc(C(=O)N2CCC[C@]3(CN(C)C(=O)O3)C2)on1. The second-order valence-electron chi connectivity index (χ2n) is 7.02. The van der Waals surface area contributed by atoms with Gasteiger partial charge in [-0.2, -0.15) is 0 Å². The Hall–Kier alpha value is -2.05. The summed E-state index contributed by atoms with van der Waals surface area (Å²) < 4.78 is 10.7. The van der Waals surface area contributed by atoms with Crippen molar-refractivity contribution in [1.29, 1.82) is 0 Å². The monoisotopic (exact) mass is 321 g/mol. The Balaban J connectivity index is 1.70. The van der Waals surface area contributed by atoms with E-state index in [9.17, 15) is 9.59 Å². The summed E-state index contributed by atoms with van der Waals surface area (Å²) in [4.78, 5) is 27.6. The zero-order valence-corrected chi connectivity index (χ0v) is 13.9. The van der Waals surface area contributed by atoms with Gasteiger partial charge in [0.05, 0.1) is 18.8 Å². The number of rotatable bonds is 3. The zero-order valence-electron chi connectivity index (χ0n) is 13.9. The highest BCUT2D eigenvalue weighted by Crippen LogP contribution is 2.32. The average Bonchev–Trinajstić information content (AvgIpc) is 3.03. The molecule has 0 aromatic carbocycles. The zero-order chi connectivity index (χ0) is 16.6. The van der Waals surface area contributed by atoms with Crippen LogP contribution in [-0.2, 0) is 11.2 Å². The molecule has 1 aromatic heterocycles. The second kappa shape index (κ2) is 5.86. The lowest BCUT2D eigenvalue weighted by Crippen LogP contribution is -2.52. The first kappa shape index (κ1) is 15.8. The van der Waals surface area contributed by atoms with Gasteiger partial charge in [-0.05, 0) is 25.2 Å². The van der Waals surface area contributed by atoms with E-state index >= 15 is 0 Å². The Morgan fingerprint density at radius 3 is 2.87 bits per heavy atom. The van der Waals surface area contributed by atoms with Gasteiger partial charge in [-0.1, -0.05) is 19.0 Å². The summed E-state index contributed by atoms with van der Waals surface area (Å²) >= 11 is 0. The number of hydrogen-bond donors (Lipinski definition) is 0. The standard InChI is InChI=1S/C16H23N3O4/c1-11(2)7-12-8-13(23-17-12)14(20)19-6-4-5-16(10-19)9-18(3)15(21)22-16/h8,11H,4-7,9-10H2,1-3H3/t16-/m0/s1.